The second-order valence-electron chi connectivity index (χ2n) is 8.53. The molecular formula is C32H32N2O6. The Labute approximate surface area is 234 Å². The summed E-state index contributed by atoms with van der Waals surface area (Å²) in [5, 5.41) is 0. The fourth-order valence-electron chi connectivity index (χ4n) is 4.16. The van der Waals surface area contributed by atoms with Crippen LogP contribution in [0.25, 0.3) is 35.7 Å². The van der Waals surface area contributed by atoms with Gasteiger partial charge in [-0.25, -0.2) is 0 Å². The van der Waals surface area contributed by atoms with E-state index in [2.05, 4.69) is 9.97 Å². The maximum Gasteiger partial charge on any atom is 0.203 e. The van der Waals surface area contributed by atoms with Crippen LogP contribution in [0.1, 0.15) is 22.3 Å². The summed E-state index contributed by atoms with van der Waals surface area (Å²) in [7, 11) is 9.56. The summed E-state index contributed by atoms with van der Waals surface area (Å²) in [5.41, 5.74) is 5.28. The standard InChI is InChI=1S/C32H32N2O6/c1-35-27-17-23(18-28(36-2)31(27)39-5)9-7-21-11-13-33-25(15-21)26-16-22(12-14-34-26)8-10-24-19-29(37-3)32(40-6)30(20-24)38-4/h7-20H,1-6H3/b9-7+,10-8+. The van der Waals surface area contributed by atoms with E-state index in [0.29, 0.717) is 34.5 Å². The van der Waals surface area contributed by atoms with Crippen LogP contribution in [0.5, 0.6) is 34.5 Å². The first-order chi connectivity index (χ1) is 19.5. The summed E-state index contributed by atoms with van der Waals surface area (Å²) in [6.07, 6.45) is 11.5. The van der Waals surface area contributed by atoms with E-state index in [9.17, 15) is 0 Å². The lowest BCUT2D eigenvalue weighted by molar-refractivity contribution is 0.324. The van der Waals surface area contributed by atoms with Crippen LogP contribution in [-0.2, 0) is 0 Å². The first kappa shape index (κ1) is 28.0. The topological polar surface area (TPSA) is 81.2 Å². The fourth-order valence-corrected chi connectivity index (χ4v) is 4.16. The van der Waals surface area contributed by atoms with Crippen LogP contribution in [0.3, 0.4) is 0 Å². The van der Waals surface area contributed by atoms with Gasteiger partial charge in [0, 0.05) is 12.4 Å². The van der Waals surface area contributed by atoms with Gasteiger partial charge in [-0.2, -0.15) is 0 Å². The van der Waals surface area contributed by atoms with Crippen LogP contribution in [0.15, 0.2) is 60.9 Å². The van der Waals surface area contributed by atoms with Gasteiger partial charge in [0.2, 0.25) is 11.5 Å². The number of ether oxygens (including phenoxy) is 6. The van der Waals surface area contributed by atoms with E-state index in [-0.39, 0.29) is 0 Å². The lowest BCUT2D eigenvalue weighted by Crippen LogP contribution is -1.95. The van der Waals surface area contributed by atoms with E-state index in [4.69, 9.17) is 28.4 Å². The maximum atomic E-state index is 5.46. The molecule has 4 rings (SSSR count). The normalized spacial score (nSPS) is 11.1. The molecule has 8 nitrogen and oxygen atoms in total. The molecule has 0 radical (unpaired) electrons. The Bertz CT molecular complexity index is 1360. The van der Waals surface area contributed by atoms with Crippen LogP contribution in [-0.4, -0.2) is 52.6 Å². The molecule has 0 aliphatic rings. The number of nitrogens with zero attached hydrogens (tertiary/aromatic N) is 2. The van der Waals surface area contributed by atoms with E-state index in [1.54, 1.807) is 55.1 Å². The SMILES string of the molecule is COc1cc(/C=C/c2ccnc(-c3cc(/C=C/c4cc(OC)c(OC)c(OC)c4)ccn3)c2)cc(OC)c1OC. The molecule has 2 heterocycles. The van der Waals surface area contributed by atoms with Crippen molar-refractivity contribution < 1.29 is 28.4 Å². The van der Waals surface area contributed by atoms with Crippen LogP contribution < -0.4 is 28.4 Å². The second kappa shape index (κ2) is 13.2. The van der Waals surface area contributed by atoms with E-state index in [1.807, 2.05) is 72.8 Å². The van der Waals surface area contributed by atoms with Gasteiger partial charge in [0.1, 0.15) is 0 Å². The van der Waals surface area contributed by atoms with Gasteiger partial charge in [-0.05, 0) is 70.8 Å². The van der Waals surface area contributed by atoms with Crippen LogP contribution in [0.2, 0.25) is 0 Å². The third-order valence-electron chi connectivity index (χ3n) is 6.14. The van der Waals surface area contributed by atoms with Crippen LogP contribution in [0.4, 0.5) is 0 Å². The molecule has 0 fully saturated rings. The Morgan fingerprint density at radius 2 is 0.750 bits per heavy atom. The number of pyridine rings is 2. The predicted octanol–water partition coefficient (Wildman–Crippen LogP) is 6.54. The number of benzene rings is 2. The van der Waals surface area contributed by atoms with Gasteiger partial charge in [0.05, 0.1) is 54.0 Å². The molecule has 4 aromatic rings. The van der Waals surface area contributed by atoms with Crippen molar-refractivity contribution in [1.82, 2.24) is 9.97 Å². The molecule has 0 N–H and O–H groups in total. The van der Waals surface area contributed by atoms with Crippen molar-refractivity contribution in [3.8, 4) is 45.9 Å². The summed E-state index contributed by atoms with van der Waals surface area (Å²) >= 11 is 0. The summed E-state index contributed by atoms with van der Waals surface area (Å²) in [6.45, 7) is 0. The van der Waals surface area contributed by atoms with Crippen molar-refractivity contribution >= 4 is 24.3 Å². The lowest BCUT2D eigenvalue weighted by Gasteiger charge is -2.12. The molecule has 0 spiro atoms. The second-order valence-corrected chi connectivity index (χ2v) is 8.53. The van der Waals surface area contributed by atoms with E-state index < -0.39 is 0 Å². The highest BCUT2D eigenvalue weighted by Gasteiger charge is 2.13. The number of methoxy groups -OCH3 is 6. The molecular weight excluding hydrogens is 508 g/mol. The highest BCUT2D eigenvalue weighted by atomic mass is 16.5. The zero-order valence-electron chi connectivity index (χ0n) is 23.4. The largest absolute Gasteiger partial charge is 0.493 e. The molecule has 206 valence electrons. The monoisotopic (exact) mass is 540 g/mol. The smallest absolute Gasteiger partial charge is 0.203 e. The Balaban J connectivity index is 1.58. The first-order valence-electron chi connectivity index (χ1n) is 12.4. The lowest BCUT2D eigenvalue weighted by atomic mass is 10.1. The highest BCUT2D eigenvalue weighted by Crippen LogP contribution is 2.39. The molecule has 0 atom stereocenters. The molecule has 0 unspecified atom stereocenters. The molecule has 0 aliphatic heterocycles. The molecule has 0 aliphatic carbocycles. The van der Waals surface area contributed by atoms with Crippen molar-refractivity contribution in [1.29, 1.82) is 0 Å². The summed E-state index contributed by atoms with van der Waals surface area (Å²) in [4.78, 5) is 9.08. The Hall–Kier alpha value is -4.98. The zero-order chi connectivity index (χ0) is 28.5. The molecule has 0 bridgehead atoms. The van der Waals surface area contributed by atoms with Crippen LogP contribution >= 0.6 is 0 Å². The van der Waals surface area contributed by atoms with Crippen molar-refractivity contribution in [2.45, 2.75) is 0 Å². The van der Waals surface area contributed by atoms with E-state index in [1.165, 1.54) is 0 Å². The van der Waals surface area contributed by atoms with Crippen molar-refractivity contribution in [2.75, 3.05) is 42.7 Å². The fraction of sp³-hybridized carbons (Fsp3) is 0.188. The van der Waals surface area contributed by atoms with Gasteiger partial charge in [0.25, 0.3) is 0 Å². The Morgan fingerprint density at radius 1 is 0.425 bits per heavy atom. The minimum Gasteiger partial charge on any atom is -0.493 e. The number of hydrogen-bond donors (Lipinski definition) is 0. The first-order valence-corrected chi connectivity index (χ1v) is 12.4. The number of rotatable bonds is 11. The quantitative estimate of drug-likeness (QED) is 0.212. The predicted molar refractivity (Wildman–Crippen MR) is 158 cm³/mol. The molecule has 0 saturated heterocycles. The average Bonchev–Trinajstić information content (AvgIpc) is 3.01. The van der Waals surface area contributed by atoms with Crippen molar-refractivity contribution in [2.24, 2.45) is 0 Å². The molecule has 0 saturated carbocycles. The maximum absolute atomic E-state index is 5.46. The number of hydrogen-bond acceptors (Lipinski definition) is 8. The van der Waals surface area contributed by atoms with Gasteiger partial charge in [-0.1, -0.05) is 24.3 Å². The van der Waals surface area contributed by atoms with E-state index >= 15 is 0 Å². The highest BCUT2D eigenvalue weighted by molar-refractivity contribution is 5.76. The molecule has 8 heteroatoms. The molecule has 2 aromatic heterocycles. The Morgan fingerprint density at radius 3 is 1.05 bits per heavy atom. The Kier molecular flexibility index (Phi) is 9.25. The molecule has 0 amide bonds. The summed E-state index contributed by atoms with van der Waals surface area (Å²) < 4.78 is 32.7. The molecule has 2 aromatic carbocycles. The van der Waals surface area contributed by atoms with Crippen molar-refractivity contribution in [3.05, 3.63) is 83.2 Å². The molecule has 40 heavy (non-hydrogen) atoms. The minimum absolute atomic E-state index is 0.554. The van der Waals surface area contributed by atoms with Crippen molar-refractivity contribution in [3.63, 3.8) is 0 Å². The third-order valence-corrected chi connectivity index (χ3v) is 6.14. The van der Waals surface area contributed by atoms with Gasteiger partial charge in [0.15, 0.2) is 23.0 Å². The van der Waals surface area contributed by atoms with Gasteiger partial charge in [-0.3, -0.25) is 9.97 Å². The minimum atomic E-state index is 0.554. The summed E-state index contributed by atoms with van der Waals surface area (Å²) in [5.74, 6) is 3.49. The zero-order valence-corrected chi connectivity index (χ0v) is 23.4. The van der Waals surface area contributed by atoms with Crippen LogP contribution in [0, 0.1) is 0 Å². The number of aromatic nitrogens is 2. The average molecular weight is 541 g/mol. The third kappa shape index (κ3) is 6.35. The van der Waals surface area contributed by atoms with Gasteiger partial charge >= 0.3 is 0 Å². The van der Waals surface area contributed by atoms with E-state index in [0.717, 1.165) is 33.6 Å². The summed E-state index contributed by atoms with van der Waals surface area (Å²) in [6, 6.07) is 15.4. The van der Waals surface area contributed by atoms with Gasteiger partial charge < -0.3 is 28.4 Å². The van der Waals surface area contributed by atoms with Gasteiger partial charge in [-0.15, -0.1) is 0 Å².